The number of rotatable bonds is 13. The molecule has 0 bridgehead atoms. The summed E-state index contributed by atoms with van der Waals surface area (Å²) in [5, 5.41) is 4.47. The molecule has 10 nitrogen and oxygen atoms in total. The van der Waals surface area contributed by atoms with Crippen LogP contribution in [0, 0.1) is 5.41 Å². The summed E-state index contributed by atoms with van der Waals surface area (Å²) in [5.41, 5.74) is 3.13. The monoisotopic (exact) mass is 611 g/mol. The number of carbonyl (C=O) groups is 2. The van der Waals surface area contributed by atoms with Gasteiger partial charge in [0.15, 0.2) is 0 Å². The maximum absolute atomic E-state index is 13.1. The number of ether oxygens (including phenoxy) is 3. The van der Waals surface area contributed by atoms with Crippen molar-refractivity contribution in [3.63, 3.8) is 0 Å². The second-order valence-electron chi connectivity index (χ2n) is 11.5. The van der Waals surface area contributed by atoms with Gasteiger partial charge in [-0.1, -0.05) is 12.1 Å². The molecule has 5 rings (SSSR count). The van der Waals surface area contributed by atoms with Crippen molar-refractivity contribution in [2.45, 2.75) is 40.2 Å². The first-order chi connectivity index (χ1) is 21.7. The van der Waals surface area contributed by atoms with Crippen LogP contribution in [0.5, 0.6) is 17.4 Å². The van der Waals surface area contributed by atoms with E-state index < -0.39 is 5.41 Å². The lowest BCUT2D eigenvalue weighted by molar-refractivity contribution is -0.137. The minimum atomic E-state index is -1.13. The van der Waals surface area contributed by atoms with E-state index in [1.54, 1.807) is 37.8 Å². The summed E-state index contributed by atoms with van der Waals surface area (Å²) in [4.78, 5) is 38.5. The number of para-hydroxylation sites is 1. The minimum Gasteiger partial charge on any atom is -0.494 e. The fraction of sp³-hybridized carbons (Fsp3) is 0.371. The number of benzene rings is 2. The molecule has 1 aliphatic rings. The van der Waals surface area contributed by atoms with Gasteiger partial charge in [0.1, 0.15) is 22.4 Å². The molecule has 3 heterocycles. The SMILES string of the molecule is CCN1C(=O)C(C)(C)C(=O)N(C)c2cc(OCCCNCc3ccnc(CCOc4ccc5cccc(OC)c5n4)c3)ccc21. The van der Waals surface area contributed by atoms with Gasteiger partial charge >= 0.3 is 0 Å². The second kappa shape index (κ2) is 13.9. The number of anilines is 2. The highest BCUT2D eigenvalue weighted by Gasteiger charge is 2.45. The number of aromatic nitrogens is 2. The molecule has 45 heavy (non-hydrogen) atoms. The van der Waals surface area contributed by atoms with Crippen LogP contribution in [-0.4, -0.2) is 62.2 Å². The molecular formula is C35H41N5O5. The van der Waals surface area contributed by atoms with E-state index in [1.807, 2.05) is 67.7 Å². The van der Waals surface area contributed by atoms with Crippen LogP contribution in [-0.2, 0) is 22.6 Å². The van der Waals surface area contributed by atoms with Crippen molar-refractivity contribution in [2.75, 3.05) is 50.3 Å². The van der Waals surface area contributed by atoms with Gasteiger partial charge in [0, 0.05) is 56.0 Å². The highest BCUT2D eigenvalue weighted by molar-refractivity contribution is 6.20. The van der Waals surface area contributed by atoms with Crippen LogP contribution in [0.15, 0.2) is 66.9 Å². The zero-order valence-corrected chi connectivity index (χ0v) is 26.6. The van der Waals surface area contributed by atoms with Crippen molar-refractivity contribution >= 4 is 34.1 Å². The van der Waals surface area contributed by atoms with Crippen LogP contribution >= 0.6 is 0 Å². The molecule has 2 aromatic heterocycles. The van der Waals surface area contributed by atoms with Crippen LogP contribution in [0.3, 0.4) is 0 Å². The molecule has 1 aliphatic heterocycles. The standard InChI is InChI=1S/C35H41N5O5/c1-6-40-28-13-12-27(22-29(28)39(4)33(41)35(2,3)34(40)42)44-19-8-17-36-23-24-15-18-37-26(21-24)16-20-45-31-14-11-25-9-7-10-30(43-5)32(25)38-31/h7,9-15,18,21-22,36H,6,8,16-17,19-20,23H2,1-5H3. The Hall–Kier alpha value is -4.70. The Bertz CT molecular complexity index is 1670. The molecule has 0 radical (unpaired) electrons. The summed E-state index contributed by atoms with van der Waals surface area (Å²) in [6, 6.07) is 19.3. The van der Waals surface area contributed by atoms with E-state index in [1.165, 1.54) is 0 Å². The van der Waals surface area contributed by atoms with E-state index in [-0.39, 0.29) is 11.8 Å². The fourth-order valence-electron chi connectivity index (χ4n) is 5.47. The highest BCUT2D eigenvalue weighted by Crippen LogP contribution is 2.40. The maximum Gasteiger partial charge on any atom is 0.242 e. The number of pyridine rings is 2. The van der Waals surface area contributed by atoms with E-state index in [4.69, 9.17) is 14.2 Å². The van der Waals surface area contributed by atoms with Crippen molar-refractivity contribution in [1.29, 1.82) is 0 Å². The molecule has 2 amide bonds. The first kappa shape index (κ1) is 31.7. The third kappa shape index (κ3) is 7.01. The predicted octanol–water partition coefficient (Wildman–Crippen LogP) is 5.17. The van der Waals surface area contributed by atoms with Crippen LogP contribution in [0.25, 0.3) is 10.9 Å². The lowest BCUT2D eigenvalue weighted by Gasteiger charge is -2.27. The molecule has 10 heteroatoms. The van der Waals surface area contributed by atoms with Gasteiger partial charge in [-0.3, -0.25) is 14.6 Å². The molecule has 236 valence electrons. The number of hydrogen-bond acceptors (Lipinski definition) is 8. The zero-order valence-electron chi connectivity index (χ0n) is 26.6. The van der Waals surface area contributed by atoms with Gasteiger partial charge in [0.25, 0.3) is 0 Å². The van der Waals surface area contributed by atoms with Gasteiger partial charge in [-0.25, -0.2) is 4.98 Å². The topological polar surface area (TPSA) is 106 Å². The molecule has 0 saturated heterocycles. The smallest absolute Gasteiger partial charge is 0.242 e. The van der Waals surface area contributed by atoms with E-state index in [0.717, 1.165) is 40.9 Å². The minimum absolute atomic E-state index is 0.199. The van der Waals surface area contributed by atoms with Crippen LogP contribution < -0.4 is 29.3 Å². The number of carbonyl (C=O) groups excluding carboxylic acids is 2. The van der Waals surface area contributed by atoms with E-state index in [0.29, 0.717) is 55.7 Å². The average Bonchev–Trinajstić information content (AvgIpc) is 3.10. The van der Waals surface area contributed by atoms with Crippen molar-refractivity contribution in [1.82, 2.24) is 15.3 Å². The Morgan fingerprint density at radius 1 is 0.933 bits per heavy atom. The summed E-state index contributed by atoms with van der Waals surface area (Å²) in [5.74, 6) is 1.50. The number of nitrogens with one attached hydrogen (secondary N) is 1. The Morgan fingerprint density at radius 2 is 1.78 bits per heavy atom. The van der Waals surface area contributed by atoms with E-state index in [9.17, 15) is 9.59 Å². The van der Waals surface area contributed by atoms with Crippen molar-refractivity contribution in [3.8, 4) is 17.4 Å². The molecular weight excluding hydrogens is 570 g/mol. The second-order valence-corrected chi connectivity index (χ2v) is 11.5. The highest BCUT2D eigenvalue weighted by atomic mass is 16.5. The van der Waals surface area contributed by atoms with Gasteiger partial charge in [-0.05, 0) is 75.7 Å². The number of nitrogens with zero attached hydrogens (tertiary/aromatic N) is 4. The third-order valence-electron chi connectivity index (χ3n) is 8.00. The zero-order chi connectivity index (χ0) is 32.0. The molecule has 4 aromatic rings. The normalized spacial score (nSPS) is 14.3. The van der Waals surface area contributed by atoms with E-state index in [2.05, 4.69) is 21.4 Å². The van der Waals surface area contributed by atoms with Gasteiger partial charge < -0.3 is 29.3 Å². The Kier molecular flexibility index (Phi) is 9.83. The van der Waals surface area contributed by atoms with Gasteiger partial charge in [0.2, 0.25) is 17.7 Å². The number of methoxy groups -OCH3 is 1. The van der Waals surface area contributed by atoms with Gasteiger partial charge in [-0.2, -0.15) is 0 Å². The first-order valence-corrected chi connectivity index (χ1v) is 15.3. The molecule has 2 aromatic carbocycles. The molecule has 1 N–H and O–H groups in total. The lowest BCUT2D eigenvalue weighted by atomic mass is 9.90. The first-order valence-electron chi connectivity index (χ1n) is 15.3. The number of fused-ring (bicyclic) bond motifs is 2. The quantitative estimate of drug-likeness (QED) is 0.163. The Labute approximate surface area is 264 Å². The molecule has 0 aliphatic carbocycles. The van der Waals surface area contributed by atoms with Crippen molar-refractivity contribution < 1.29 is 23.8 Å². The predicted molar refractivity (Wildman–Crippen MR) is 175 cm³/mol. The van der Waals surface area contributed by atoms with E-state index >= 15 is 0 Å². The summed E-state index contributed by atoms with van der Waals surface area (Å²) < 4.78 is 17.4. The summed E-state index contributed by atoms with van der Waals surface area (Å²) >= 11 is 0. The van der Waals surface area contributed by atoms with Crippen LogP contribution in [0.4, 0.5) is 11.4 Å². The summed E-state index contributed by atoms with van der Waals surface area (Å²) in [6.07, 6.45) is 3.29. The summed E-state index contributed by atoms with van der Waals surface area (Å²) in [7, 11) is 3.35. The fourth-order valence-corrected chi connectivity index (χ4v) is 5.47. The van der Waals surface area contributed by atoms with Crippen molar-refractivity contribution in [3.05, 3.63) is 78.1 Å². The molecule has 0 spiro atoms. The van der Waals surface area contributed by atoms with Crippen LogP contribution in [0.2, 0.25) is 0 Å². The number of hydrogen-bond donors (Lipinski definition) is 1. The molecule has 0 fully saturated rings. The molecule has 0 atom stereocenters. The lowest BCUT2D eigenvalue weighted by Crippen LogP contribution is -2.47. The van der Waals surface area contributed by atoms with Gasteiger partial charge in [0.05, 0.1) is 31.7 Å². The van der Waals surface area contributed by atoms with Gasteiger partial charge in [-0.15, -0.1) is 0 Å². The summed E-state index contributed by atoms with van der Waals surface area (Å²) in [6.45, 7) is 8.21. The van der Waals surface area contributed by atoms with Crippen LogP contribution in [0.1, 0.15) is 38.4 Å². The Morgan fingerprint density at radius 3 is 2.58 bits per heavy atom. The third-order valence-corrected chi connectivity index (χ3v) is 8.00. The number of amides is 2. The molecule has 0 unspecified atom stereocenters. The average molecular weight is 612 g/mol. The molecule has 0 saturated carbocycles. The largest absolute Gasteiger partial charge is 0.494 e. The van der Waals surface area contributed by atoms with Crippen molar-refractivity contribution in [2.24, 2.45) is 5.41 Å². The Balaban J connectivity index is 1.07. The maximum atomic E-state index is 13.1.